The zero-order valence-corrected chi connectivity index (χ0v) is 24.7. The fraction of sp³-hybridized carbons (Fsp3) is 0.500. The van der Waals surface area contributed by atoms with E-state index in [0.29, 0.717) is 11.6 Å². The molecule has 2 aliphatic heterocycles. The number of nitrogens with one attached hydrogen (secondary N) is 1. The number of ether oxygens (including phenoxy) is 1. The summed E-state index contributed by atoms with van der Waals surface area (Å²) in [7, 11) is -1.26. The van der Waals surface area contributed by atoms with Crippen LogP contribution in [0.5, 0.6) is 0 Å². The van der Waals surface area contributed by atoms with E-state index in [1.165, 1.54) is 0 Å². The maximum absolute atomic E-state index is 14.8. The molecule has 1 saturated carbocycles. The molecule has 1 saturated heterocycles. The van der Waals surface area contributed by atoms with Gasteiger partial charge in [-0.2, -0.15) is 0 Å². The predicted molar refractivity (Wildman–Crippen MR) is 150 cm³/mol. The lowest BCUT2D eigenvalue weighted by Gasteiger charge is -2.49. The number of hydrogen-bond acceptors (Lipinski definition) is 3. The van der Waals surface area contributed by atoms with Gasteiger partial charge in [-0.1, -0.05) is 72.3 Å². The first-order valence-corrected chi connectivity index (χ1v) is 17.6. The van der Waals surface area contributed by atoms with Crippen molar-refractivity contribution in [3.05, 3.63) is 63.1 Å². The number of anilines is 1. The second-order valence-electron chi connectivity index (χ2n) is 12.1. The average molecular weight is 590 g/mol. The van der Waals surface area contributed by atoms with Crippen LogP contribution in [0, 0.1) is 5.41 Å². The summed E-state index contributed by atoms with van der Waals surface area (Å²) >= 11 is 10.0. The van der Waals surface area contributed by atoms with Crippen LogP contribution in [0.25, 0.3) is 0 Å². The Morgan fingerprint density at radius 3 is 2.58 bits per heavy atom. The van der Waals surface area contributed by atoms with E-state index in [2.05, 4.69) is 53.9 Å². The van der Waals surface area contributed by atoms with Gasteiger partial charge in [-0.15, -0.1) is 0 Å². The predicted octanol–water partition coefficient (Wildman–Crippen LogP) is 6.47. The zero-order valence-electron chi connectivity index (χ0n) is 21.4. The summed E-state index contributed by atoms with van der Waals surface area (Å²) in [4.78, 5) is 29.7. The molecule has 0 radical (unpaired) electrons. The molecule has 5 rings (SSSR count). The minimum Gasteiger partial charge on any atom is -0.361 e. The van der Waals surface area contributed by atoms with Gasteiger partial charge in [0.25, 0.3) is 0 Å². The molecule has 8 heteroatoms. The second kappa shape index (κ2) is 9.26. The molecule has 1 aliphatic carbocycles. The number of rotatable bonds is 7. The Morgan fingerprint density at radius 1 is 1.17 bits per heavy atom. The number of hydrogen-bond donors (Lipinski definition) is 1. The Labute approximate surface area is 228 Å². The molecule has 0 bridgehead atoms. The Morgan fingerprint density at radius 2 is 1.92 bits per heavy atom. The van der Waals surface area contributed by atoms with Crippen LogP contribution < -0.4 is 10.2 Å². The van der Waals surface area contributed by atoms with Crippen LogP contribution in [0.1, 0.15) is 43.2 Å². The number of amides is 2. The smallest absolute Gasteiger partial charge is 0.242 e. The van der Waals surface area contributed by atoms with E-state index in [4.69, 9.17) is 16.3 Å². The number of carbonyl (C=O) groups excluding carboxylic acids is 2. The van der Waals surface area contributed by atoms with Crippen LogP contribution in [-0.4, -0.2) is 39.3 Å². The van der Waals surface area contributed by atoms with Crippen LogP contribution in [0.4, 0.5) is 5.69 Å². The second-order valence-corrected chi connectivity index (χ2v) is 19.1. The van der Waals surface area contributed by atoms with E-state index < -0.39 is 13.5 Å². The van der Waals surface area contributed by atoms with Crippen LogP contribution in [0.15, 0.2) is 46.9 Å². The van der Waals surface area contributed by atoms with Gasteiger partial charge in [-0.3, -0.25) is 14.5 Å². The van der Waals surface area contributed by atoms with Crippen molar-refractivity contribution in [2.75, 3.05) is 18.2 Å². The normalized spacial score (nSPS) is 26.8. The highest BCUT2D eigenvalue weighted by molar-refractivity contribution is 9.10. The maximum atomic E-state index is 14.8. The Bertz CT molecular complexity index is 1210. The van der Waals surface area contributed by atoms with Gasteiger partial charge in [-0.05, 0) is 59.7 Å². The monoisotopic (exact) mass is 588 g/mol. The minimum atomic E-state index is -1.26. The third-order valence-electron chi connectivity index (χ3n) is 8.20. The highest BCUT2D eigenvalue weighted by Crippen LogP contribution is 2.63. The number of halogens is 2. The number of nitrogens with zero attached hydrogens (tertiary/aromatic N) is 1. The lowest BCUT2D eigenvalue weighted by Crippen LogP contribution is -2.65. The number of benzene rings is 2. The summed E-state index contributed by atoms with van der Waals surface area (Å²) in [6.45, 7) is 9.98. The summed E-state index contributed by atoms with van der Waals surface area (Å²) < 4.78 is 7.04. The fourth-order valence-electron chi connectivity index (χ4n) is 6.00. The summed E-state index contributed by atoms with van der Waals surface area (Å²) in [6.07, 6.45) is 2.19. The SMILES string of the molecule is CC1([C@H]2NC(=O)C[C@@H](c3cccc(Cl)c3)[C@]23C(=O)N(COCC[Si](C)(C)C)c2cc(Br)ccc23)CC1. The topological polar surface area (TPSA) is 58.6 Å². The van der Waals surface area contributed by atoms with E-state index >= 15 is 0 Å². The van der Waals surface area contributed by atoms with Gasteiger partial charge in [-0.25, -0.2) is 0 Å². The molecule has 1 N–H and O–H groups in total. The van der Waals surface area contributed by atoms with Crippen molar-refractivity contribution < 1.29 is 14.3 Å². The van der Waals surface area contributed by atoms with Crippen molar-refractivity contribution in [2.45, 2.75) is 69.2 Å². The summed E-state index contributed by atoms with van der Waals surface area (Å²) in [6, 6.07) is 14.5. The van der Waals surface area contributed by atoms with Gasteiger partial charge in [0.2, 0.25) is 11.8 Å². The molecule has 3 atom stereocenters. The van der Waals surface area contributed by atoms with E-state index in [9.17, 15) is 9.59 Å². The van der Waals surface area contributed by atoms with Gasteiger partial charge < -0.3 is 10.1 Å². The van der Waals surface area contributed by atoms with Crippen molar-refractivity contribution in [2.24, 2.45) is 5.41 Å². The molecule has 3 aliphatic rings. The number of piperidine rings is 1. The largest absolute Gasteiger partial charge is 0.361 e. The Hall–Kier alpha value is -1.67. The van der Waals surface area contributed by atoms with E-state index in [1.54, 1.807) is 4.90 Å². The molecule has 192 valence electrons. The van der Waals surface area contributed by atoms with Crippen LogP contribution >= 0.6 is 27.5 Å². The first-order valence-electron chi connectivity index (χ1n) is 12.7. The molecule has 0 aromatic heterocycles. The lowest BCUT2D eigenvalue weighted by atomic mass is 9.57. The molecule has 2 heterocycles. The molecule has 2 fully saturated rings. The summed E-state index contributed by atoms with van der Waals surface area (Å²) in [5, 5.41) is 3.90. The van der Waals surface area contributed by atoms with Crippen LogP contribution in [0.2, 0.25) is 30.7 Å². The molecule has 5 nitrogen and oxygen atoms in total. The maximum Gasteiger partial charge on any atom is 0.242 e. The summed E-state index contributed by atoms with van der Waals surface area (Å²) in [5.41, 5.74) is 1.69. The highest BCUT2D eigenvalue weighted by atomic mass is 79.9. The minimum absolute atomic E-state index is 0.00621. The highest BCUT2D eigenvalue weighted by Gasteiger charge is 2.68. The average Bonchev–Trinajstić information content (AvgIpc) is 3.51. The van der Waals surface area contributed by atoms with Gasteiger partial charge in [0.15, 0.2) is 0 Å². The quantitative estimate of drug-likeness (QED) is 0.297. The van der Waals surface area contributed by atoms with E-state index in [0.717, 1.165) is 40.2 Å². The van der Waals surface area contributed by atoms with Crippen molar-refractivity contribution >= 4 is 53.1 Å². The van der Waals surface area contributed by atoms with Gasteiger partial charge in [0, 0.05) is 36.5 Å². The van der Waals surface area contributed by atoms with Crippen molar-refractivity contribution in [1.29, 1.82) is 0 Å². The van der Waals surface area contributed by atoms with Crippen LogP contribution in [-0.2, 0) is 19.7 Å². The standard InChI is InChI=1S/C28H34BrClN2O3Si/c1-27(10-11-27)25-28(22(16-24(33)31-25)18-6-5-7-20(30)14-18)21-9-8-19(29)15-23(21)32(26(28)34)17-35-12-13-36(2,3)4/h5-9,14-15,22,25H,10-13,16-17H2,1-4H3,(H,31,33)/t22-,25+,28-/m0/s1. The third kappa shape index (κ3) is 4.46. The first kappa shape index (κ1) is 26.0. The van der Waals surface area contributed by atoms with E-state index in [1.807, 2.05) is 36.4 Å². The van der Waals surface area contributed by atoms with Gasteiger partial charge >= 0.3 is 0 Å². The van der Waals surface area contributed by atoms with Gasteiger partial charge in [0.1, 0.15) is 12.1 Å². The molecule has 36 heavy (non-hydrogen) atoms. The van der Waals surface area contributed by atoms with Crippen molar-refractivity contribution in [1.82, 2.24) is 5.32 Å². The van der Waals surface area contributed by atoms with Crippen molar-refractivity contribution in [3.8, 4) is 0 Å². The van der Waals surface area contributed by atoms with Crippen molar-refractivity contribution in [3.63, 3.8) is 0 Å². The number of fused-ring (bicyclic) bond motifs is 2. The van der Waals surface area contributed by atoms with Gasteiger partial charge in [0.05, 0.1) is 11.7 Å². The molecule has 2 amide bonds. The number of carbonyl (C=O) groups is 2. The summed E-state index contributed by atoms with van der Waals surface area (Å²) in [5.74, 6) is -0.335. The molecule has 0 unspecified atom stereocenters. The fourth-order valence-corrected chi connectivity index (χ4v) is 7.30. The Balaban J connectivity index is 1.64. The molecule has 2 aromatic carbocycles. The Kier molecular flexibility index (Phi) is 6.68. The molecular formula is C28H34BrClN2O3Si. The third-order valence-corrected chi connectivity index (χ3v) is 10.6. The van der Waals surface area contributed by atoms with Crippen LogP contribution in [0.3, 0.4) is 0 Å². The molecule has 1 spiro atoms. The van der Waals surface area contributed by atoms with E-state index in [-0.39, 0.29) is 42.3 Å². The lowest BCUT2D eigenvalue weighted by molar-refractivity contribution is -0.134. The first-order chi connectivity index (χ1) is 17.0. The molecular weight excluding hydrogens is 556 g/mol. The molecule has 2 aromatic rings. The zero-order chi connectivity index (χ0) is 25.9.